The topological polar surface area (TPSA) is 88.2 Å². The summed E-state index contributed by atoms with van der Waals surface area (Å²) in [5.74, 6) is -0.145. The number of aromatic nitrogens is 1. The third kappa shape index (κ3) is 2.84. The van der Waals surface area contributed by atoms with Gasteiger partial charge in [-0.25, -0.2) is 13.4 Å². The van der Waals surface area contributed by atoms with Crippen molar-refractivity contribution in [2.45, 2.75) is 11.3 Å². The Kier molecular flexibility index (Phi) is 3.30. The molecule has 21 heavy (non-hydrogen) atoms. The van der Waals surface area contributed by atoms with Crippen molar-refractivity contribution in [2.75, 3.05) is 10.0 Å². The minimum absolute atomic E-state index is 0.0886. The van der Waals surface area contributed by atoms with Gasteiger partial charge < -0.3 is 5.32 Å². The molecule has 8 heteroatoms. The Hall–Kier alpha value is -2.12. The number of nitrogens with one attached hydrogen (secondary N) is 2. The van der Waals surface area contributed by atoms with Crippen LogP contribution in [0.3, 0.4) is 0 Å². The van der Waals surface area contributed by atoms with E-state index >= 15 is 0 Å². The minimum Gasteiger partial charge on any atom is -0.326 e. The van der Waals surface area contributed by atoms with Crippen molar-refractivity contribution in [3.05, 3.63) is 47.2 Å². The van der Waals surface area contributed by atoms with Gasteiger partial charge in [0.2, 0.25) is 5.91 Å². The molecule has 0 fully saturated rings. The summed E-state index contributed by atoms with van der Waals surface area (Å²) in [4.78, 5) is 15.2. The lowest BCUT2D eigenvalue weighted by Crippen LogP contribution is -2.13. The third-order valence-electron chi connectivity index (χ3n) is 2.99. The summed E-state index contributed by atoms with van der Waals surface area (Å²) in [7, 11) is -3.74. The molecule has 6 nitrogen and oxygen atoms in total. The van der Waals surface area contributed by atoms with E-state index in [-0.39, 0.29) is 22.4 Å². The molecule has 1 aliphatic rings. The number of rotatable bonds is 3. The van der Waals surface area contributed by atoms with E-state index in [2.05, 4.69) is 15.0 Å². The molecule has 2 aromatic rings. The van der Waals surface area contributed by atoms with Crippen LogP contribution in [0.4, 0.5) is 11.4 Å². The van der Waals surface area contributed by atoms with Crippen molar-refractivity contribution in [1.82, 2.24) is 4.98 Å². The molecule has 0 radical (unpaired) electrons. The smallest absolute Gasteiger partial charge is 0.261 e. The number of hydrogen-bond donors (Lipinski definition) is 2. The molecule has 108 valence electrons. The number of benzene rings is 1. The van der Waals surface area contributed by atoms with Crippen LogP contribution in [0.5, 0.6) is 0 Å². The highest BCUT2D eigenvalue weighted by Gasteiger charge is 2.21. The van der Waals surface area contributed by atoms with E-state index in [1.807, 2.05) is 0 Å². The van der Waals surface area contributed by atoms with Crippen molar-refractivity contribution in [3.8, 4) is 0 Å². The fraction of sp³-hybridized carbons (Fsp3) is 0.0769. The highest BCUT2D eigenvalue weighted by molar-refractivity contribution is 7.92. The normalized spacial score (nSPS) is 13.7. The number of carbonyl (C=O) groups is 1. The highest BCUT2D eigenvalue weighted by Crippen LogP contribution is 2.27. The second-order valence-electron chi connectivity index (χ2n) is 4.52. The van der Waals surface area contributed by atoms with E-state index < -0.39 is 10.0 Å². The molecule has 0 unspecified atom stereocenters. The summed E-state index contributed by atoms with van der Waals surface area (Å²) < 4.78 is 27.0. The van der Waals surface area contributed by atoms with Gasteiger partial charge in [-0.1, -0.05) is 11.6 Å². The number of carbonyl (C=O) groups excluding carboxylic acids is 1. The number of pyridine rings is 1. The summed E-state index contributed by atoms with van der Waals surface area (Å²) >= 11 is 5.72. The summed E-state index contributed by atoms with van der Waals surface area (Å²) in [6, 6.07) is 7.42. The molecular formula is C13H10ClN3O3S. The van der Waals surface area contributed by atoms with E-state index in [0.717, 1.165) is 0 Å². The Bertz CT molecular complexity index is 836. The SMILES string of the molecule is O=C1Cc2cc(S(=O)(=O)Nc3ccnc(Cl)c3)ccc2N1. The molecule has 0 spiro atoms. The quantitative estimate of drug-likeness (QED) is 0.846. The number of nitrogens with zero attached hydrogens (tertiary/aromatic N) is 1. The van der Waals surface area contributed by atoms with Gasteiger partial charge in [-0.05, 0) is 35.9 Å². The van der Waals surface area contributed by atoms with Crippen LogP contribution in [-0.2, 0) is 21.2 Å². The maximum absolute atomic E-state index is 12.3. The van der Waals surface area contributed by atoms with E-state index in [9.17, 15) is 13.2 Å². The monoisotopic (exact) mass is 323 g/mol. The lowest BCUT2D eigenvalue weighted by molar-refractivity contribution is -0.115. The van der Waals surface area contributed by atoms with Gasteiger partial charge in [0.25, 0.3) is 10.0 Å². The Balaban J connectivity index is 1.92. The number of anilines is 2. The first kappa shape index (κ1) is 13.8. The predicted octanol–water partition coefficient (Wildman–Crippen LogP) is 2.03. The second-order valence-corrected chi connectivity index (χ2v) is 6.59. The number of amides is 1. The van der Waals surface area contributed by atoms with E-state index in [0.29, 0.717) is 16.9 Å². The van der Waals surface area contributed by atoms with E-state index in [1.54, 1.807) is 6.07 Å². The van der Waals surface area contributed by atoms with Crippen LogP contribution < -0.4 is 10.0 Å². The van der Waals surface area contributed by atoms with Gasteiger partial charge >= 0.3 is 0 Å². The zero-order chi connectivity index (χ0) is 15.0. The van der Waals surface area contributed by atoms with Crippen molar-refractivity contribution >= 4 is 38.9 Å². The van der Waals surface area contributed by atoms with Crippen LogP contribution in [0, 0.1) is 0 Å². The molecule has 1 aromatic heterocycles. The lowest BCUT2D eigenvalue weighted by atomic mass is 10.2. The molecule has 0 aliphatic carbocycles. The van der Waals surface area contributed by atoms with Crippen LogP contribution in [0.25, 0.3) is 0 Å². The number of hydrogen-bond acceptors (Lipinski definition) is 4. The van der Waals surface area contributed by atoms with Crippen LogP contribution in [-0.4, -0.2) is 19.3 Å². The first-order valence-electron chi connectivity index (χ1n) is 6.01. The Morgan fingerprint density at radius 1 is 1.24 bits per heavy atom. The van der Waals surface area contributed by atoms with Gasteiger partial charge in [-0.3, -0.25) is 9.52 Å². The number of fused-ring (bicyclic) bond motifs is 1. The minimum atomic E-state index is -3.74. The maximum atomic E-state index is 12.3. The van der Waals surface area contributed by atoms with Gasteiger partial charge in [0.1, 0.15) is 5.15 Å². The van der Waals surface area contributed by atoms with Crippen LogP contribution in [0.15, 0.2) is 41.4 Å². The molecule has 3 rings (SSSR count). The molecule has 0 saturated heterocycles. The fourth-order valence-corrected chi connectivity index (χ4v) is 3.33. The molecule has 0 saturated carbocycles. The molecule has 1 aromatic carbocycles. The van der Waals surface area contributed by atoms with Crippen LogP contribution >= 0.6 is 11.6 Å². The van der Waals surface area contributed by atoms with Crippen LogP contribution in [0.2, 0.25) is 5.15 Å². The zero-order valence-electron chi connectivity index (χ0n) is 10.6. The van der Waals surface area contributed by atoms with E-state index in [4.69, 9.17) is 11.6 Å². The van der Waals surface area contributed by atoms with Gasteiger partial charge in [0.15, 0.2) is 0 Å². The summed E-state index contributed by atoms with van der Waals surface area (Å²) in [6.07, 6.45) is 1.59. The first-order valence-corrected chi connectivity index (χ1v) is 7.87. The summed E-state index contributed by atoms with van der Waals surface area (Å²) in [5, 5.41) is 2.85. The van der Waals surface area contributed by atoms with Crippen molar-refractivity contribution in [2.24, 2.45) is 0 Å². The lowest BCUT2D eigenvalue weighted by Gasteiger charge is -2.09. The van der Waals surface area contributed by atoms with Gasteiger partial charge in [0, 0.05) is 11.9 Å². The van der Waals surface area contributed by atoms with Crippen molar-refractivity contribution in [1.29, 1.82) is 0 Å². The van der Waals surface area contributed by atoms with Crippen molar-refractivity contribution < 1.29 is 13.2 Å². The van der Waals surface area contributed by atoms with E-state index in [1.165, 1.54) is 30.5 Å². The Morgan fingerprint density at radius 3 is 2.81 bits per heavy atom. The van der Waals surface area contributed by atoms with Crippen LogP contribution in [0.1, 0.15) is 5.56 Å². The molecule has 1 aliphatic heterocycles. The van der Waals surface area contributed by atoms with Gasteiger partial charge in [-0.2, -0.15) is 0 Å². The molecule has 1 amide bonds. The van der Waals surface area contributed by atoms with Gasteiger partial charge in [-0.15, -0.1) is 0 Å². The largest absolute Gasteiger partial charge is 0.326 e. The Morgan fingerprint density at radius 2 is 2.05 bits per heavy atom. The average molecular weight is 324 g/mol. The first-order chi connectivity index (χ1) is 9.94. The standard InChI is InChI=1S/C13H10ClN3O3S/c14-12-7-9(3-4-15-12)17-21(19,20)10-1-2-11-8(5-10)6-13(18)16-11/h1-5,7H,6H2,(H,15,17)(H,16,18). The second kappa shape index (κ2) is 5.01. The summed E-state index contributed by atoms with van der Waals surface area (Å²) in [5.41, 5.74) is 1.63. The molecule has 0 bridgehead atoms. The Labute approximate surface area is 126 Å². The summed E-state index contributed by atoms with van der Waals surface area (Å²) in [6.45, 7) is 0. The van der Waals surface area contributed by atoms with Gasteiger partial charge in [0.05, 0.1) is 17.0 Å². The number of sulfonamides is 1. The van der Waals surface area contributed by atoms with Crippen molar-refractivity contribution in [3.63, 3.8) is 0 Å². The highest BCUT2D eigenvalue weighted by atomic mass is 35.5. The fourth-order valence-electron chi connectivity index (χ4n) is 2.05. The maximum Gasteiger partial charge on any atom is 0.261 e. The molecule has 0 atom stereocenters. The third-order valence-corrected chi connectivity index (χ3v) is 4.58. The molecular weight excluding hydrogens is 314 g/mol. The average Bonchev–Trinajstić information content (AvgIpc) is 2.77. The molecule has 2 heterocycles. The number of halogens is 1. The molecule has 2 N–H and O–H groups in total. The predicted molar refractivity (Wildman–Crippen MR) is 78.8 cm³/mol. The zero-order valence-corrected chi connectivity index (χ0v) is 12.2.